The summed E-state index contributed by atoms with van der Waals surface area (Å²) in [5.41, 5.74) is 4.89. The van der Waals surface area contributed by atoms with Crippen LogP contribution in [0.4, 0.5) is 11.4 Å². The van der Waals surface area contributed by atoms with Crippen LogP contribution in [-0.2, 0) is 16.0 Å². The molecule has 2 aromatic rings. The average molecular weight is 395 g/mol. The maximum atomic E-state index is 12.3. The van der Waals surface area contributed by atoms with Crippen molar-refractivity contribution in [3.63, 3.8) is 0 Å². The SMILES string of the molecule is Cc1ccc(C)c(OCC(=O)Nc2ccc3c(c2)CCC(=O)N3CCC(C)C)c1. The Balaban J connectivity index is 1.64. The first-order valence-corrected chi connectivity index (χ1v) is 10.3. The zero-order chi connectivity index (χ0) is 21.0. The molecule has 2 aromatic carbocycles. The van der Waals surface area contributed by atoms with Gasteiger partial charge in [0.1, 0.15) is 5.75 Å². The molecule has 0 unspecified atom stereocenters. The normalized spacial score (nSPS) is 13.4. The van der Waals surface area contributed by atoms with Gasteiger partial charge in [-0.15, -0.1) is 0 Å². The standard InChI is InChI=1S/C24H30N2O3/c1-16(2)11-12-26-21-9-8-20(14-19(21)7-10-24(26)28)25-23(27)15-29-22-13-17(3)5-6-18(22)4/h5-6,8-9,13-14,16H,7,10-12,15H2,1-4H3,(H,25,27). The summed E-state index contributed by atoms with van der Waals surface area (Å²) in [6, 6.07) is 11.7. The van der Waals surface area contributed by atoms with E-state index in [1.54, 1.807) is 0 Å². The second-order valence-corrected chi connectivity index (χ2v) is 8.18. The zero-order valence-electron chi connectivity index (χ0n) is 17.7. The maximum Gasteiger partial charge on any atom is 0.262 e. The number of benzene rings is 2. The van der Waals surface area contributed by atoms with Crippen molar-refractivity contribution < 1.29 is 14.3 Å². The first-order valence-electron chi connectivity index (χ1n) is 10.3. The molecule has 5 nitrogen and oxygen atoms in total. The van der Waals surface area contributed by atoms with Crippen LogP contribution in [0.3, 0.4) is 0 Å². The number of hydrogen-bond donors (Lipinski definition) is 1. The molecule has 5 heteroatoms. The lowest BCUT2D eigenvalue weighted by atomic mass is 9.99. The van der Waals surface area contributed by atoms with E-state index >= 15 is 0 Å². The molecule has 2 amide bonds. The van der Waals surface area contributed by atoms with E-state index in [0.29, 0.717) is 18.8 Å². The summed E-state index contributed by atoms with van der Waals surface area (Å²) in [7, 11) is 0. The summed E-state index contributed by atoms with van der Waals surface area (Å²) in [5.74, 6) is 1.25. The van der Waals surface area contributed by atoms with Crippen molar-refractivity contribution in [1.29, 1.82) is 0 Å². The number of fused-ring (bicyclic) bond motifs is 1. The molecule has 1 aliphatic heterocycles. The predicted molar refractivity (Wildman–Crippen MR) is 117 cm³/mol. The molecule has 3 rings (SSSR count). The van der Waals surface area contributed by atoms with Gasteiger partial charge in [-0.05, 0) is 73.6 Å². The molecule has 0 bridgehead atoms. The van der Waals surface area contributed by atoms with Gasteiger partial charge in [0.2, 0.25) is 5.91 Å². The van der Waals surface area contributed by atoms with E-state index in [0.717, 1.165) is 46.8 Å². The van der Waals surface area contributed by atoms with Crippen LogP contribution in [0.15, 0.2) is 36.4 Å². The molecule has 0 fully saturated rings. The molecule has 1 N–H and O–H groups in total. The Morgan fingerprint density at radius 1 is 1.14 bits per heavy atom. The fraction of sp³-hybridized carbons (Fsp3) is 0.417. The van der Waals surface area contributed by atoms with Crippen molar-refractivity contribution in [2.45, 2.75) is 47.0 Å². The molecule has 0 aromatic heterocycles. The summed E-state index contributed by atoms with van der Waals surface area (Å²) >= 11 is 0. The Morgan fingerprint density at radius 3 is 2.69 bits per heavy atom. The number of carbonyl (C=O) groups is 2. The molecule has 29 heavy (non-hydrogen) atoms. The van der Waals surface area contributed by atoms with Crippen LogP contribution < -0.4 is 15.0 Å². The molecule has 154 valence electrons. The minimum Gasteiger partial charge on any atom is -0.483 e. The summed E-state index contributed by atoms with van der Waals surface area (Å²) < 4.78 is 5.68. The molecular formula is C24H30N2O3. The molecule has 1 aliphatic rings. The van der Waals surface area contributed by atoms with Crippen LogP contribution >= 0.6 is 0 Å². The zero-order valence-corrected chi connectivity index (χ0v) is 17.7. The molecule has 0 aliphatic carbocycles. The van der Waals surface area contributed by atoms with E-state index in [9.17, 15) is 9.59 Å². The number of amides is 2. The largest absolute Gasteiger partial charge is 0.483 e. The molecule has 0 radical (unpaired) electrons. The van der Waals surface area contributed by atoms with Gasteiger partial charge in [-0.1, -0.05) is 26.0 Å². The third-order valence-corrected chi connectivity index (χ3v) is 5.20. The number of anilines is 2. The number of ether oxygens (including phenoxy) is 1. The van der Waals surface area contributed by atoms with Crippen molar-refractivity contribution in [3.8, 4) is 5.75 Å². The summed E-state index contributed by atoms with van der Waals surface area (Å²) in [5, 5.41) is 2.91. The number of aryl methyl sites for hydroxylation is 3. The Labute approximate surface area is 173 Å². The van der Waals surface area contributed by atoms with Crippen molar-refractivity contribution in [1.82, 2.24) is 0 Å². The minimum atomic E-state index is -0.200. The Kier molecular flexibility index (Phi) is 6.57. The lowest BCUT2D eigenvalue weighted by Crippen LogP contribution is -2.36. The van der Waals surface area contributed by atoms with Gasteiger partial charge in [0, 0.05) is 24.3 Å². The number of hydrogen-bond acceptors (Lipinski definition) is 3. The lowest BCUT2D eigenvalue weighted by Gasteiger charge is -2.30. The van der Waals surface area contributed by atoms with Gasteiger partial charge in [0.15, 0.2) is 6.61 Å². The topological polar surface area (TPSA) is 58.6 Å². The lowest BCUT2D eigenvalue weighted by molar-refractivity contribution is -0.119. The van der Waals surface area contributed by atoms with Gasteiger partial charge < -0.3 is 15.0 Å². The summed E-state index contributed by atoms with van der Waals surface area (Å²) in [6.07, 6.45) is 2.19. The summed E-state index contributed by atoms with van der Waals surface area (Å²) in [6.45, 7) is 8.97. The van der Waals surface area contributed by atoms with Gasteiger partial charge >= 0.3 is 0 Å². The van der Waals surface area contributed by atoms with Crippen LogP contribution in [0.5, 0.6) is 5.75 Å². The summed E-state index contributed by atoms with van der Waals surface area (Å²) in [4.78, 5) is 26.6. The van der Waals surface area contributed by atoms with Gasteiger partial charge in [0.05, 0.1) is 0 Å². The van der Waals surface area contributed by atoms with E-state index in [4.69, 9.17) is 4.74 Å². The average Bonchev–Trinajstić information content (AvgIpc) is 2.68. The second-order valence-electron chi connectivity index (χ2n) is 8.18. The van der Waals surface area contributed by atoms with Crippen molar-refractivity contribution in [2.75, 3.05) is 23.4 Å². The minimum absolute atomic E-state index is 0.0413. The first-order chi connectivity index (χ1) is 13.8. The number of nitrogens with one attached hydrogen (secondary N) is 1. The van der Waals surface area contributed by atoms with Crippen molar-refractivity contribution in [2.24, 2.45) is 5.92 Å². The van der Waals surface area contributed by atoms with Crippen LogP contribution in [0.2, 0.25) is 0 Å². The number of nitrogens with zero attached hydrogens (tertiary/aromatic N) is 1. The number of rotatable bonds is 7. The van der Waals surface area contributed by atoms with Gasteiger partial charge in [-0.3, -0.25) is 9.59 Å². The molecular weight excluding hydrogens is 364 g/mol. The fourth-order valence-electron chi connectivity index (χ4n) is 3.47. The van der Waals surface area contributed by atoms with E-state index < -0.39 is 0 Å². The second kappa shape index (κ2) is 9.12. The third-order valence-electron chi connectivity index (χ3n) is 5.20. The van der Waals surface area contributed by atoms with Gasteiger partial charge in [-0.25, -0.2) is 0 Å². The monoisotopic (exact) mass is 394 g/mol. The van der Waals surface area contributed by atoms with Crippen LogP contribution in [-0.4, -0.2) is 25.0 Å². The smallest absolute Gasteiger partial charge is 0.262 e. The highest BCUT2D eigenvalue weighted by atomic mass is 16.5. The van der Waals surface area contributed by atoms with E-state index in [1.807, 2.05) is 55.1 Å². The fourth-order valence-corrected chi connectivity index (χ4v) is 3.47. The van der Waals surface area contributed by atoms with Crippen LogP contribution in [0.25, 0.3) is 0 Å². The predicted octanol–water partition coefficient (Wildman–Crippen LogP) is 4.65. The highest BCUT2D eigenvalue weighted by molar-refractivity contribution is 5.97. The van der Waals surface area contributed by atoms with Crippen LogP contribution in [0.1, 0.15) is 43.4 Å². The first kappa shape index (κ1) is 20.9. The molecule has 0 atom stereocenters. The van der Waals surface area contributed by atoms with Crippen molar-refractivity contribution in [3.05, 3.63) is 53.1 Å². The molecule has 0 saturated carbocycles. The van der Waals surface area contributed by atoms with Crippen LogP contribution in [0, 0.1) is 19.8 Å². The van der Waals surface area contributed by atoms with Gasteiger partial charge in [-0.2, -0.15) is 0 Å². The van der Waals surface area contributed by atoms with Crippen molar-refractivity contribution >= 4 is 23.2 Å². The van der Waals surface area contributed by atoms with Gasteiger partial charge in [0.25, 0.3) is 5.91 Å². The van der Waals surface area contributed by atoms with E-state index in [1.165, 1.54) is 0 Å². The third kappa shape index (κ3) is 5.37. The Hall–Kier alpha value is -2.82. The molecule has 0 spiro atoms. The number of carbonyl (C=O) groups excluding carboxylic acids is 2. The quantitative estimate of drug-likeness (QED) is 0.744. The molecule has 0 saturated heterocycles. The van der Waals surface area contributed by atoms with E-state index in [-0.39, 0.29) is 18.4 Å². The maximum absolute atomic E-state index is 12.3. The van der Waals surface area contributed by atoms with E-state index in [2.05, 4.69) is 19.2 Å². The Bertz CT molecular complexity index is 905. The highest BCUT2D eigenvalue weighted by Gasteiger charge is 2.24. The Morgan fingerprint density at radius 2 is 1.93 bits per heavy atom. The highest BCUT2D eigenvalue weighted by Crippen LogP contribution is 2.31. The molecule has 1 heterocycles.